The highest BCUT2D eigenvalue weighted by Gasteiger charge is 2.11. The van der Waals surface area contributed by atoms with Crippen molar-refractivity contribution in [1.82, 2.24) is 4.98 Å². The van der Waals surface area contributed by atoms with Crippen LogP contribution in [-0.2, 0) is 4.74 Å². The number of carbonyl (C=O) groups excluding carboxylic acids is 1. The van der Waals surface area contributed by atoms with E-state index in [-0.39, 0.29) is 0 Å². The van der Waals surface area contributed by atoms with Gasteiger partial charge in [0, 0.05) is 17.3 Å². The molecule has 2 aromatic rings. The summed E-state index contributed by atoms with van der Waals surface area (Å²) in [7, 11) is 1.33. The number of hydrogen-bond donors (Lipinski definition) is 0. The van der Waals surface area contributed by atoms with E-state index in [1.54, 1.807) is 12.1 Å². The Morgan fingerprint density at radius 3 is 2.45 bits per heavy atom. The minimum absolute atomic E-state index is 0.335. The van der Waals surface area contributed by atoms with Crippen LogP contribution in [0.15, 0.2) is 30.5 Å². The number of nitrogens with zero attached hydrogens (tertiary/aromatic N) is 1. The molecule has 0 saturated carbocycles. The minimum Gasteiger partial charge on any atom is -0.465 e. The molecule has 0 N–H and O–H groups in total. The Morgan fingerprint density at radius 2 is 1.85 bits per heavy atom. The van der Waals surface area contributed by atoms with Gasteiger partial charge >= 0.3 is 5.97 Å². The van der Waals surface area contributed by atoms with E-state index in [1.165, 1.54) is 13.3 Å². The number of halogens is 1. The number of ether oxygens (including phenoxy) is 2. The second-order valence-corrected chi connectivity index (χ2v) is 4.78. The van der Waals surface area contributed by atoms with Crippen LogP contribution in [0.25, 0.3) is 0 Å². The van der Waals surface area contributed by atoms with Crippen LogP contribution in [-0.4, -0.2) is 18.1 Å². The maximum atomic E-state index is 11.5. The lowest BCUT2D eigenvalue weighted by atomic mass is 10.1. The first-order valence-electron chi connectivity index (χ1n) is 6.00. The maximum absolute atomic E-state index is 11.5. The summed E-state index contributed by atoms with van der Waals surface area (Å²) in [6.07, 6.45) is 1.50. The molecule has 0 saturated heterocycles. The molecular weight excluding hydrogens is 278 g/mol. The number of aromatic nitrogens is 1. The van der Waals surface area contributed by atoms with E-state index in [0.29, 0.717) is 22.2 Å². The van der Waals surface area contributed by atoms with Gasteiger partial charge in [0.05, 0.1) is 12.7 Å². The molecular formula is C15H14ClNO3. The largest absolute Gasteiger partial charge is 0.465 e. The molecule has 1 aromatic heterocycles. The summed E-state index contributed by atoms with van der Waals surface area (Å²) in [5, 5.41) is 0.656. The van der Waals surface area contributed by atoms with Crippen LogP contribution in [0.1, 0.15) is 21.5 Å². The monoisotopic (exact) mass is 291 g/mol. The molecule has 20 heavy (non-hydrogen) atoms. The molecule has 104 valence electrons. The summed E-state index contributed by atoms with van der Waals surface area (Å²) < 4.78 is 10.4. The Hall–Kier alpha value is -2.07. The van der Waals surface area contributed by atoms with Gasteiger partial charge in [-0.3, -0.25) is 0 Å². The highest BCUT2D eigenvalue weighted by molar-refractivity contribution is 6.30. The van der Waals surface area contributed by atoms with Crippen LogP contribution >= 0.6 is 11.6 Å². The van der Waals surface area contributed by atoms with Crippen molar-refractivity contribution >= 4 is 17.6 Å². The Balaban J connectivity index is 2.33. The lowest BCUT2D eigenvalue weighted by molar-refractivity contribution is 0.0600. The molecule has 4 nitrogen and oxygen atoms in total. The van der Waals surface area contributed by atoms with Crippen molar-refractivity contribution in [1.29, 1.82) is 0 Å². The Morgan fingerprint density at radius 1 is 1.20 bits per heavy atom. The van der Waals surface area contributed by atoms with E-state index in [9.17, 15) is 4.79 Å². The van der Waals surface area contributed by atoms with Crippen LogP contribution in [0.2, 0.25) is 5.02 Å². The molecule has 0 radical (unpaired) electrons. The minimum atomic E-state index is -0.429. The van der Waals surface area contributed by atoms with Gasteiger partial charge in [-0.2, -0.15) is 0 Å². The molecule has 0 aliphatic rings. The fourth-order valence-corrected chi connectivity index (χ4v) is 2.20. The zero-order valence-electron chi connectivity index (χ0n) is 11.4. The zero-order valence-corrected chi connectivity index (χ0v) is 12.2. The van der Waals surface area contributed by atoms with Gasteiger partial charge in [-0.25, -0.2) is 9.78 Å². The van der Waals surface area contributed by atoms with Crippen LogP contribution in [0.5, 0.6) is 11.6 Å². The highest BCUT2D eigenvalue weighted by Crippen LogP contribution is 2.30. The fourth-order valence-electron chi connectivity index (χ4n) is 1.87. The lowest BCUT2D eigenvalue weighted by Crippen LogP contribution is -2.02. The number of benzene rings is 1. The van der Waals surface area contributed by atoms with E-state index in [0.717, 1.165) is 11.1 Å². The van der Waals surface area contributed by atoms with Gasteiger partial charge < -0.3 is 9.47 Å². The number of pyridine rings is 1. The number of methoxy groups -OCH3 is 1. The third kappa shape index (κ3) is 3.08. The third-order valence-corrected chi connectivity index (χ3v) is 3.01. The summed E-state index contributed by atoms with van der Waals surface area (Å²) in [6, 6.07) is 6.74. The van der Waals surface area contributed by atoms with Gasteiger partial charge in [0.15, 0.2) is 0 Å². The van der Waals surface area contributed by atoms with Crippen molar-refractivity contribution in [2.45, 2.75) is 13.8 Å². The van der Waals surface area contributed by atoms with Crippen molar-refractivity contribution in [3.63, 3.8) is 0 Å². The summed E-state index contributed by atoms with van der Waals surface area (Å²) in [5.74, 6) is 0.590. The molecule has 2 rings (SSSR count). The standard InChI is InChI=1S/C15H14ClNO3/c1-9-6-12(16)7-10(2)14(9)20-13-8-11(4-5-17-13)15(18)19-3/h4-8H,1-3H3. The zero-order chi connectivity index (χ0) is 14.7. The molecule has 0 unspecified atom stereocenters. The number of aryl methyl sites for hydroxylation is 2. The quantitative estimate of drug-likeness (QED) is 0.804. The molecule has 0 amide bonds. The van der Waals surface area contributed by atoms with E-state index in [2.05, 4.69) is 9.72 Å². The smallest absolute Gasteiger partial charge is 0.338 e. The van der Waals surface area contributed by atoms with Crippen LogP contribution in [0.4, 0.5) is 0 Å². The third-order valence-electron chi connectivity index (χ3n) is 2.79. The van der Waals surface area contributed by atoms with E-state index >= 15 is 0 Å². The molecule has 0 aliphatic heterocycles. The molecule has 0 spiro atoms. The van der Waals surface area contributed by atoms with E-state index in [1.807, 2.05) is 26.0 Å². The number of rotatable bonds is 3. The molecule has 5 heteroatoms. The SMILES string of the molecule is COC(=O)c1ccnc(Oc2c(C)cc(Cl)cc2C)c1. The van der Waals surface area contributed by atoms with Gasteiger partial charge in [0.1, 0.15) is 5.75 Å². The predicted octanol–water partition coefficient (Wildman–Crippen LogP) is 3.93. The summed E-state index contributed by atoms with van der Waals surface area (Å²) in [5.41, 5.74) is 2.20. The van der Waals surface area contributed by atoms with Gasteiger partial charge in [0.25, 0.3) is 0 Å². The van der Waals surface area contributed by atoms with E-state index in [4.69, 9.17) is 16.3 Å². The lowest BCUT2D eigenvalue weighted by Gasteiger charge is -2.11. The molecule has 1 heterocycles. The second kappa shape index (κ2) is 5.92. The topological polar surface area (TPSA) is 48.4 Å². The first-order chi connectivity index (χ1) is 9.51. The predicted molar refractivity (Wildman–Crippen MR) is 76.6 cm³/mol. The first-order valence-corrected chi connectivity index (χ1v) is 6.38. The van der Waals surface area contributed by atoms with Gasteiger partial charge in [-0.05, 0) is 43.2 Å². The molecule has 0 bridgehead atoms. The van der Waals surface area contributed by atoms with Crippen molar-refractivity contribution in [3.8, 4) is 11.6 Å². The summed E-state index contributed by atoms with van der Waals surface area (Å²) >= 11 is 5.98. The van der Waals surface area contributed by atoms with Crippen molar-refractivity contribution in [2.24, 2.45) is 0 Å². The first kappa shape index (κ1) is 14.3. The fraction of sp³-hybridized carbons (Fsp3) is 0.200. The van der Waals surface area contributed by atoms with Crippen LogP contribution < -0.4 is 4.74 Å². The van der Waals surface area contributed by atoms with Gasteiger partial charge in [-0.15, -0.1) is 0 Å². The van der Waals surface area contributed by atoms with Crippen LogP contribution in [0.3, 0.4) is 0 Å². The maximum Gasteiger partial charge on any atom is 0.338 e. The molecule has 0 atom stereocenters. The van der Waals surface area contributed by atoms with Crippen molar-refractivity contribution < 1.29 is 14.3 Å². The Labute approximate surface area is 122 Å². The van der Waals surface area contributed by atoms with Gasteiger partial charge in [0.2, 0.25) is 5.88 Å². The number of hydrogen-bond acceptors (Lipinski definition) is 4. The molecule has 0 fully saturated rings. The number of carbonyl (C=O) groups is 1. The molecule has 1 aromatic carbocycles. The average molecular weight is 292 g/mol. The van der Waals surface area contributed by atoms with Crippen molar-refractivity contribution in [3.05, 3.63) is 52.2 Å². The second-order valence-electron chi connectivity index (χ2n) is 4.35. The van der Waals surface area contributed by atoms with Crippen LogP contribution in [0, 0.1) is 13.8 Å². The van der Waals surface area contributed by atoms with E-state index < -0.39 is 5.97 Å². The Bertz CT molecular complexity index is 632. The van der Waals surface area contributed by atoms with Gasteiger partial charge in [-0.1, -0.05) is 11.6 Å². The Kier molecular flexibility index (Phi) is 4.25. The number of esters is 1. The summed E-state index contributed by atoms with van der Waals surface area (Å²) in [4.78, 5) is 15.6. The van der Waals surface area contributed by atoms with Crippen molar-refractivity contribution in [2.75, 3.05) is 7.11 Å². The molecule has 0 aliphatic carbocycles. The normalized spacial score (nSPS) is 10.2. The summed E-state index contributed by atoms with van der Waals surface area (Å²) in [6.45, 7) is 3.80. The highest BCUT2D eigenvalue weighted by atomic mass is 35.5. The average Bonchev–Trinajstić information content (AvgIpc) is 2.42.